The van der Waals surface area contributed by atoms with Gasteiger partial charge < -0.3 is 15.1 Å². The Balaban J connectivity index is 1.70. The molecule has 1 aliphatic heterocycles. The molecule has 2 rings (SSSR count). The monoisotopic (exact) mass is 267 g/mol. The average molecular weight is 267 g/mol. The van der Waals surface area contributed by atoms with Gasteiger partial charge in [0.2, 0.25) is 0 Å². The zero-order valence-corrected chi connectivity index (χ0v) is 13.2. The van der Waals surface area contributed by atoms with Crippen LogP contribution in [0.4, 0.5) is 0 Å². The van der Waals surface area contributed by atoms with Crippen molar-refractivity contribution < 1.29 is 0 Å². The standard InChI is InChI=1S/C16H33N3/c1-4-16(3,13-17-5-2)14-19-10-8-18(9-11-19)12-15-6-7-15/h15,17H,4-14H2,1-3H3. The number of nitrogens with zero attached hydrogens (tertiary/aromatic N) is 2. The van der Waals surface area contributed by atoms with Crippen LogP contribution in [0.1, 0.15) is 40.0 Å². The number of nitrogens with one attached hydrogen (secondary N) is 1. The highest BCUT2D eigenvalue weighted by molar-refractivity contribution is 4.84. The molecule has 1 heterocycles. The first-order valence-corrected chi connectivity index (χ1v) is 8.30. The van der Waals surface area contributed by atoms with E-state index in [0.29, 0.717) is 5.41 Å². The Hall–Kier alpha value is -0.120. The average Bonchev–Trinajstić information content (AvgIpc) is 3.23. The van der Waals surface area contributed by atoms with Crippen molar-refractivity contribution in [2.75, 3.05) is 52.4 Å². The third-order valence-electron chi connectivity index (χ3n) is 4.94. The molecule has 2 fully saturated rings. The normalized spacial score (nSPS) is 25.4. The lowest BCUT2D eigenvalue weighted by Crippen LogP contribution is -2.51. The van der Waals surface area contributed by atoms with Gasteiger partial charge in [-0.1, -0.05) is 20.8 Å². The number of hydrogen-bond acceptors (Lipinski definition) is 3. The third-order valence-corrected chi connectivity index (χ3v) is 4.94. The Labute approximate surface area is 119 Å². The highest BCUT2D eigenvalue weighted by Crippen LogP contribution is 2.30. The molecule has 1 atom stereocenters. The molecule has 0 amide bonds. The predicted octanol–water partition coefficient (Wildman–Crippen LogP) is 2.04. The molecule has 1 N–H and O–H groups in total. The third kappa shape index (κ3) is 5.05. The van der Waals surface area contributed by atoms with Crippen molar-refractivity contribution in [2.24, 2.45) is 11.3 Å². The summed E-state index contributed by atoms with van der Waals surface area (Å²) in [7, 11) is 0. The minimum Gasteiger partial charge on any atom is -0.316 e. The Kier molecular flexibility index (Phi) is 5.67. The van der Waals surface area contributed by atoms with Gasteiger partial charge in [0.15, 0.2) is 0 Å². The lowest BCUT2D eigenvalue weighted by atomic mass is 9.86. The second-order valence-electron chi connectivity index (χ2n) is 6.96. The van der Waals surface area contributed by atoms with Crippen LogP contribution < -0.4 is 5.32 Å². The first-order chi connectivity index (χ1) is 9.15. The smallest absolute Gasteiger partial charge is 0.0110 e. The fourth-order valence-corrected chi connectivity index (χ4v) is 3.05. The lowest BCUT2D eigenvalue weighted by molar-refractivity contribution is 0.0862. The van der Waals surface area contributed by atoms with Gasteiger partial charge in [0, 0.05) is 45.8 Å². The van der Waals surface area contributed by atoms with Gasteiger partial charge >= 0.3 is 0 Å². The largest absolute Gasteiger partial charge is 0.316 e. The van der Waals surface area contributed by atoms with Crippen LogP contribution in [-0.4, -0.2) is 62.2 Å². The maximum Gasteiger partial charge on any atom is 0.0110 e. The molecule has 19 heavy (non-hydrogen) atoms. The molecule has 3 heteroatoms. The predicted molar refractivity (Wildman–Crippen MR) is 82.5 cm³/mol. The van der Waals surface area contributed by atoms with Crippen molar-refractivity contribution in [2.45, 2.75) is 40.0 Å². The highest BCUT2D eigenvalue weighted by atomic mass is 15.3. The summed E-state index contributed by atoms with van der Waals surface area (Å²) < 4.78 is 0. The molecule has 0 spiro atoms. The van der Waals surface area contributed by atoms with Crippen LogP contribution in [-0.2, 0) is 0 Å². The van der Waals surface area contributed by atoms with E-state index >= 15 is 0 Å². The van der Waals surface area contributed by atoms with Gasteiger partial charge in [-0.15, -0.1) is 0 Å². The van der Waals surface area contributed by atoms with Crippen molar-refractivity contribution in [1.29, 1.82) is 0 Å². The maximum absolute atomic E-state index is 3.54. The Morgan fingerprint density at radius 3 is 2.21 bits per heavy atom. The zero-order chi connectivity index (χ0) is 13.7. The molecule has 1 saturated carbocycles. The summed E-state index contributed by atoms with van der Waals surface area (Å²) in [6, 6.07) is 0. The van der Waals surface area contributed by atoms with Gasteiger partial charge in [-0.3, -0.25) is 0 Å². The van der Waals surface area contributed by atoms with E-state index in [-0.39, 0.29) is 0 Å². The van der Waals surface area contributed by atoms with Crippen LogP contribution in [0.15, 0.2) is 0 Å². The van der Waals surface area contributed by atoms with Gasteiger partial charge in [-0.05, 0) is 37.1 Å². The molecule has 112 valence electrons. The number of hydrogen-bond donors (Lipinski definition) is 1. The molecule has 0 aromatic carbocycles. The van der Waals surface area contributed by atoms with E-state index in [2.05, 4.69) is 35.9 Å². The number of rotatable bonds is 8. The van der Waals surface area contributed by atoms with Crippen LogP contribution in [0.25, 0.3) is 0 Å². The molecule has 2 aliphatic rings. The minimum atomic E-state index is 0.439. The van der Waals surface area contributed by atoms with Crippen LogP contribution in [0, 0.1) is 11.3 Å². The molecule has 0 aromatic rings. The van der Waals surface area contributed by atoms with Gasteiger partial charge in [0.1, 0.15) is 0 Å². The van der Waals surface area contributed by atoms with Crippen molar-refractivity contribution in [3.8, 4) is 0 Å². The molecular weight excluding hydrogens is 234 g/mol. The fourth-order valence-electron chi connectivity index (χ4n) is 3.05. The van der Waals surface area contributed by atoms with Crippen LogP contribution in [0.5, 0.6) is 0 Å². The highest BCUT2D eigenvalue weighted by Gasteiger charge is 2.29. The first kappa shape index (κ1) is 15.3. The topological polar surface area (TPSA) is 18.5 Å². The first-order valence-electron chi connectivity index (χ1n) is 8.30. The molecule has 0 radical (unpaired) electrons. The summed E-state index contributed by atoms with van der Waals surface area (Å²) in [4.78, 5) is 5.37. The van der Waals surface area contributed by atoms with E-state index in [1.165, 1.54) is 58.5 Å². The number of piperazine rings is 1. The lowest BCUT2D eigenvalue weighted by Gasteiger charge is -2.40. The van der Waals surface area contributed by atoms with Gasteiger partial charge in [-0.25, -0.2) is 0 Å². The summed E-state index contributed by atoms with van der Waals surface area (Å²) in [5.74, 6) is 1.04. The van der Waals surface area contributed by atoms with Crippen molar-refractivity contribution in [3.63, 3.8) is 0 Å². The Morgan fingerprint density at radius 1 is 1.05 bits per heavy atom. The molecule has 3 nitrogen and oxygen atoms in total. The molecule has 0 aromatic heterocycles. The van der Waals surface area contributed by atoms with Crippen LogP contribution >= 0.6 is 0 Å². The van der Waals surface area contributed by atoms with E-state index in [9.17, 15) is 0 Å². The Morgan fingerprint density at radius 2 is 1.68 bits per heavy atom. The van der Waals surface area contributed by atoms with E-state index < -0.39 is 0 Å². The molecule has 1 saturated heterocycles. The summed E-state index contributed by atoms with van der Waals surface area (Å²) >= 11 is 0. The second kappa shape index (κ2) is 7.05. The SMILES string of the molecule is CCNCC(C)(CC)CN1CCN(CC2CC2)CC1. The summed E-state index contributed by atoms with van der Waals surface area (Å²) in [5.41, 5.74) is 0.439. The molecular formula is C16H33N3. The zero-order valence-electron chi connectivity index (χ0n) is 13.2. The van der Waals surface area contributed by atoms with Crippen LogP contribution in [0.2, 0.25) is 0 Å². The second-order valence-corrected chi connectivity index (χ2v) is 6.96. The summed E-state index contributed by atoms with van der Waals surface area (Å²) in [6.07, 6.45) is 4.23. The van der Waals surface area contributed by atoms with Crippen LogP contribution in [0.3, 0.4) is 0 Å². The van der Waals surface area contributed by atoms with Crippen molar-refractivity contribution in [3.05, 3.63) is 0 Å². The van der Waals surface area contributed by atoms with E-state index in [0.717, 1.165) is 19.0 Å². The Bertz CT molecular complexity index is 257. The van der Waals surface area contributed by atoms with E-state index in [1.54, 1.807) is 0 Å². The van der Waals surface area contributed by atoms with Gasteiger partial charge in [0.25, 0.3) is 0 Å². The quantitative estimate of drug-likeness (QED) is 0.726. The van der Waals surface area contributed by atoms with Crippen molar-refractivity contribution >= 4 is 0 Å². The van der Waals surface area contributed by atoms with Crippen molar-refractivity contribution in [1.82, 2.24) is 15.1 Å². The minimum absolute atomic E-state index is 0.439. The summed E-state index contributed by atoms with van der Waals surface area (Å²) in [6.45, 7) is 17.0. The molecule has 1 unspecified atom stereocenters. The summed E-state index contributed by atoms with van der Waals surface area (Å²) in [5, 5.41) is 3.54. The van der Waals surface area contributed by atoms with Gasteiger partial charge in [0.05, 0.1) is 0 Å². The molecule has 0 bridgehead atoms. The fraction of sp³-hybridized carbons (Fsp3) is 1.00. The van der Waals surface area contributed by atoms with Gasteiger partial charge in [-0.2, -0.15) is 0 Å². The maximum atomic E-state index is 3.54. The molecule has 1 aliphatic carbocycles. The van der Waals surface area contributed by atoms with E-state index in [1.807, 2.05) is 0 Å². The van der Waals surface area contributed by atoms with E-state index in [4.69, 9.17) is 0 Å².